The highest BCUT2D eigenvalue weighted by Crippen LogP contribution is 2.36. The van der Waals surface area contributed by atoms with E-state index in [2.05, 4.69) is 12.2 Å². The molecular weight excluding hydrogens is 220 g/mol. The lowest BCUT2D eigenvalue weighted by Gasteiger charge is -2.21. The molecule has 1 saturated carbocycles. The van der Waals surface area contributed by atoms with E-state index in [1.165, 1.54) is 6.07 Å². The number of hydrogen-bond acceptors (Lipinski definition) is 1. The molecule has 0 saturated heterocycles. The molecule has 0 bridgehead atoms. The third-order valence-electron chi connectivity index (χ3n) is 3.55. The Morgan fingerprint density at radius 3 is 2.88 bits per heavy atom. The molecule has 17 heavy (non-hydrogen) atoms. The van der Waals surface area contributed by atoms with E-state index in [0.717, 1.165) is 32.2 Å². The Kier molecular flexibility index (Phi) is 4.11. The zero-order valence-electron chi connectivity index (χ0n) is 10.2. The van der Waals surface area contributed by atoms with Gasteiger partial charge in [-0.2, -0.15) is 0 Å². The third kappa shape index (κ3) is 2.65. The van der Waals surface area contributed by atoms with Gasteiger partial charge in [0.05, 0.1) is 0 Å². The van der Waals surface area contributed by atoms with Gasteiger partial charge in [0.25, 0.3) is 0 Å². The van der Waals surface area contributed by atoms with Gasteiger partial charge >= 0.3 is 0 Å². The standard InChI is InChI=1S/C14H19F2N/c1-2-9-17-13-8-4-5-10(13)11-6-3-7-12(15)14(11)16/h3,6-7,10,13,17H,2,4-5,8-9H2,1H3. The predicted octanol–water partition coefficient (Wildman–Crippen LogP) is 3.60. The SMILES string of the molecule is CCCNC1CCCC1c1cccc(F)c1F. The summed E-state index contributed by atoms with van der Waals surface area (Å²) >= 11 is 0. The molecule has 0 radical (unpaired) electrons. The summed E-state index contributed by atoms with van der Waals surface area (Å²) in [4.78, 5) is 0. The van der Waals surface area contributed by atoms with Crippen LogP contribution >= 0.6 is 0 Å². The van der Waals surface area contributed by atoms with Gasteiger partial charge in [0.15, 0.2) is 11.6 Å². The van der Waals surface area contributed by atoms with E-state index < -0.39 is 11.6 Å². The molecule has 1 aromatic rings. The minimum Gasteiger partial charge on any atom is -0.313 e. The Hall–Kier alpha value is -0.960. The van der Waals surface area contributed by atoms with Crippen LogP contribution in [0.4, 0.5) is 8.78 Å². The van der Waals surface area contributed by atoms with Crippen molar-refractivity contribution in [2.24, 2.45) is 0 Å². The second kappa shape index (κ2) is 5.58. The Morgan fingerprint density at radius 1 is 1.29 bits per heavy atom. The molecule has 0 amide bonds. The number of nitrogens with one attached hydrogen (secondary N) is 1. The molecule has 1 nitrogen and oxygen atoms in total. The van der Waals surface area contributed by atoms with Crippen molar-refractivity contribution in [1.82, 2.24) is 5.32 Å². The highest BCUT2D eigenvalue weighted by atomic mass is 19.2. The Balaban J connectivity index is 2.17. The fourth-order valence-electron chi connectivity index (χ4n) is 2.71. The van der Waals surface area contributed by atoms with Gasteiger partial charge in [-0.1, -0.05) is 25.5 Å². The minimum absolute atomic E-state index is 0.122. The summed E-state index contributed by atoms with van der Waals surface area (Å²) in [6, 6.07) is 4.80. The van der Waals surface area contributed by atoms with Gasteiger partial charge in [-0.25, -0.2) is 8.78 Å². The summed E-state index contributed by atoms with van der Waals surface area (Å²) < 4.78 is 27.0. The molecule has 94 valence electrons. The highest BCUT2D eigenvalue weighted by Gasteiger charge is 2.30. The summed E-state index contributed by atoms with van der Waals surface area (Å²) in [6.07, 6.45) is 4.15. The third-order valence-corrected chi connectivity index (χ3v) is 3.55. The molecule has 0 spiro atoms. The van der Waals surface area contributed by atoms with E-state index in [1.54, 1.807) is 12.1 Å². The van der Waals surface area contributed by atoms with E-state index in [9.17, 15) is 8.78 Å². The molecule has 2 rings (SSSR count). The van der Waals surface area contributed by atoms with E-state index in [0.29, 0.717) is 11.6 Å². The molecule has 1 aromatic carbocycles. The molecule has 2 atom stereocenters. The van der Waals surface area contributed by atoms with Crippen LogP contribution in [0.5, 0.6) is 0 Å². The van der Waals surface area contributed by atoms with Crippen molar-refractivity contribution in [3.8, 4) is 0 Å². The average molecular weight is 239 g/mol. The maximum atomic E-state index is 13.7. The molecule has 1 aliphatic rings. The molecule has 1 N–H and O–H groups in total. The lowest BCUT2D eigenvalue weighted by Crippen LogP contribution is -2.32. The Morgan fingerprint density at radius 2 is 2.12 bits per heavy atom. The second-order valence-corrected chi connectivity index (χ2v) is 4.74. The summed E-state index contributed by atoms with van der Waals surface area (Å²) in [5.41, 5.74) is 0.538. The van der Waals surface area contributed by atoms with Crippen LogP contribution < -0.4 is 5.32 Å². The summed E-state index contributed by atoms with van der Waals surface area (Å²) in [6.45, 7) is 3.05. The summed E-state index contributed by atoms with van der Waals surface area (Å²) in [7, 11) is 0. The van der Waals surface area contributed by atoms with E-state index in [1.807, 2.05) is 0 Å². The Labute approximate surface area is 101 Å². The largest absolute Gasteiger partial charge is 0.313 e. The van der Waals surface area contributed by atoms with Gasteiger partial charge in [-0.05, 0) is 37.4 Å². The Bertz CT molecular complexity index is 378. The number of hydrogen-bond donors (Lipinski definition) is 1. The van der Waals surface area contributed by atoms with Gasteiger partial charge in [0, 0.05) is 12.0 Å². The van der Waals surface area contributed by atoms with Crippen molar-refractivity contribution in [2.75, 3.05) is 6.54 Å². The van der Waals surface area contributed by atoms with Crippen LogP contribution in [0, 0.1) is 11.6 Å². The minimum atomic E-state index is -0.733. The van der Waals surface area contributed by atoms with Crippen molar-refractivity contribution < 1.29 is 8.78 Å². The first-order chi connectivity index (χ1) is 8.24. The van der Waals surface area contributed by atoms with Crippen LogP contribution in [0.25, 0.3) is 0 Å². The lowest BCUT2D eigenvalue weighted by molar-refractivity contribution is 0.445. The van der Waals surface area contributed by atoms with Crippen LogP contribution in [0.15, 0.2) is 18.2 Å². The maximum absolute atomic E-state index is 13.7. The topological polar surface area (TPSA) is 12.0 Å². The molecule has 2 unspecified atom stereocenters. The quantitative estimate of drug-likeness (QED) is 0.846. The van der Waals surface area contributed by atoms with Gasteiger partial charge in [0.1, 0.15) is 0 Å². The van der Waals surface area contributed by atoms with Crippen LogP contribution in [0.3, 0.4) is 0 Å². The normalized spacial score (nSPS) is 24.2. The molecule has 3 heteroatoms. The number of rotatable bonds is 4. The average Bonchev–Trinajstić information content (AvgIpc) is 2.78. The van der Waals surface area contributed by atoms with Gasteiger partial charge in [0.2, 0.25) is 0 Å². The molecule has 0 heterocycles. The zero-order valence-corrected chi connectivity index (χ0v) is 10.2. The molecular formula is C14H19F2N. The highest BCUT2D eigenvalue weighted by molar-refractivity contribution is 5.25. The molecule has 1 fully saturated rings. The van der Waals surface area contributed by atoms with Crippen LogP contribution in [0.1, 0.15) is 44.1 Å². The van der Waals surface area contributed by atoms with E-state index in [-0.39, 0.29) is 5.92 Å². The number of benzene rings is 1. The summed E-state index contributed by atoms with van der Waals surface area (Å²) in [5.74, 6) is -1.27. The van der Waals surface area contributed by atoms with Gasteiger partial charge in [-0.15, -0.1) is 0 Å². The summed E-state index contributed by atoms with van der Waals surface area (Å²) in [5, 5.41) is 3.44. The fourth-order valence-corrected chi connectivity index (χ4v) is 2.71. The van der Waals surface area contributed by atoms with Crippen molar-refractivity contribution in [3.63, 3.8) is 0 Å². The van der Waals surface area contributed by atoms with Crippen molar-refractivity contribution >= 4 is 0 Å². The maximum Gasteiger partial charge on any atom is 0.162 e. The molecule has 0 aliphatic heterocycles. The molecule has 0 aromatic heterocycles. The zero-order chi connectivity index (χ0) is 12.3. The van der Waals surface area contributed by atoms with Gasteiger partial charge < -0.3 is 5.32 Å². The van der Waals surface area contributed by atoms with Crippen molar-refractivity contribution in [3.05, 3.63) is 35.4 Å². The first kappa shape index (κ1) is 12.5. The van der Waals surface area contributed by atoms with Crippen LogP contribution in [0.2, 0.25) is 0 Å². The van der Waals surface area contributed by atoms with E-state index >= 15 is 0 Å². The first-order valence-electron chi connectivity index (χ1n) is 6.41. The van der Waals surface area contributed by atoms with E-state index in [4.69, 9.17) is 0 Å². The molecule has 1 aliphatic carbocycles. The van der Waals surface area contributed by atoms with Crippen LogP contribution in [-0.4, -0.2) is 12.6 Å². The predicted molar refractivity (Wildman–Crippen MR) is 65.0 cm³/mol. The van der Waals surface area contributed by atoms with Crippen LogP contribution in [-0.2, 0) is 0 Å². The number of halogens is 2. The second-order valence-electron chi connectivity index (χ2n) is 4.74. The first-order valence-corrected chi connectivity index (χ1v) is 6.41. The fraction of sp³-hybridized carbons (Fsp3) is 0.571. The monoisotopic (exact) mass is 239 g/mol. The van der Waals surface area contributed by atoms with Crippen molar-refractivity contribution in [1.29, 1.82) is 0 Å². The lowest BCUT2D eigenvalue weighted by atomic mass is 9.93. The smallest absolute Gasteiger partial charge is 0.162 e. The van der Waals surface area contributed by atoms with Gasteiger partial charge in [-0.3, -0.25) is 0 Å². The van der Waals surface area contributed by atoms with Crippen molar-refractivity contribution in [2.45, 2.75) is 44.6 Å².